The summed E-state index contributed by atoms with van der Waals surface area (Å²) in [6, 6.07) is 27.7. The highest BCUT2D eigenvalue weighted by molar-refractivity contribution is 7.89. The smallest absolute Gasteiger partial charge is 0.348 e. The zero-order valence-electron chi connectivity index (χ0n) is 23.9. The van der Waals surface area contributed by atoms with E-state index < -0.39 is 27.7 Å². The molecule has 0 aliphatic rings. The lowest BCUT2D eigenvalue weighted by atomic mass is 9.81. The molecule has 1 atom stereocenters. The number of sulfonamides is 1. The molecule has 4 aromatic rings. The van der Waals surface area contributed by atoms with Gasteiger partial charge in [0.25, 0.3) is 0 Å². The molecule has 0 aliphatic carbocycles. The van der Waals surface area contributed by atoms with Gasteiger partial charge in [-0.15, -0.1) is 0 Å². The fourth-order valence-corrected chi connectivity index (χ4v) is 6.43. The number of aryl methyl sites for hydroxylation is 2. The molecule has 0 fully saturated rings. The summed E-state index contributed by atoms with van der Waals surface area (Å²) in [6.45, 7) is 5.55. The Morgan fingerprint density at radius 1 is 0.857 bits per heavy atom. The van der Waals surface area contributed by atoms with Crippen molar-refractivity contribution in [2.75, 3.05) is 19.7 Å². The Morgan fingerprint density at radius 3 is 1.83 bits per heavy atom. The molecule has 220 valence electrons. The Bertz CT molecular complexity index is 1510. The number of hydrogen-bond donors (Lipinski definition) is 1. The first-order chi connectivity index (χ1) is 20.2. The summed E-state index contributed by atoms with van der Waals surface area (Å²) in [7, 11) is -3.82. The Hall–Kier alpha value is -4.12. The van der Waals surface area contributed by atoms with Gasteiger partial charge in [-0.1, -0.05) is 85.8 Å². The van der Waals surface area contributed by atoms with E-state index in [1.54, 1.807) is 98.8 Å². The van der Waals surface area contributed by atoms with Crippen LogP contribution in [0, 0.1) is 13.8 Å². The highest BCUT2D eigenvalue weighted by Crippen LogP contribution is 2.39. The van der Waals surface area contributed by atoms with Gasteiger partial charge < -0.3 is 14.6 Å². The van der Waals surface area contributed by atoms with Crippen LogP contribution >= 0.6 is 0 Å². The molecule has 1 heterocycles. The molecule has 0 saturated carbocycles. The first-order valence-corrected chi connectivity index (χ1v) is 15.1. The second-order valence-electron chi connectivity index (χ2n) is 9.80. The van der Waals surface area contributed by atoms with Crippen molar-refractivity contribution < 1.29 is 27.8 Å². The Balaban J connectivity index is 1.80. The number of nitrogens with zero attached hydrogens (tertiary/aromatic N) is 3. The van der Waals surface area contributed by atoms with Gasteiger partial charge in [0.1, 0.15) is 0 Å². The molecule has 9 nitrogen and oxygen atoms in total. The average Bonchev–Trinajstić information content (AvgIpc) is 2.98. The van der Waals surface area contributed by atoms with Crippen LogP contribution in [0.15, 0.2) is 102 Å². The maximum absolute atomic E-state index is 13.5. The number of aliphatic carboxylic acids is 1. The molecule has 0 radical (unpaired) electrons. The van der Waals surface area contributed by atoms with Crippen molar-refractivity contribution in [3.63, 3.8) is 0 Å². The molecule has 0 aliphatic heterocycles. The van der Waals surface area contributed by atoms with Crippen LogP contribution in [0.25, 0.3) is 0 Å². The standard InChI is InChI=1S/C32H35N3O6S/c1-4-20-35(42(38,39)28-18-12-7-13-19-28)21-22-40-32(26-14-8-5-9-15-26,27-16-10-6-11-17-27)29(30(36)37)41-31-33-24(2)23-25(3)34-31/h5-19,23,29H,4,20-22H2,1-3H3,(H,36,37). The van der Waals surface area contributed by atoms with E-state index in [9.17, 15) is 18.3 Å². The van der Waals surface area contributed by atoms with Crippen LogP contribution in [0.3, 0.4) is 0 Å². The summed E-state index contributed by atoms with van der Waals surface area (Å²) in [5, 5.41) is 10.6. The first kappa shape index (κ1) is 30.8. The maximum atomic E-state index is 13.5. The van der Waals surface area contributed by atoms with Crippen LogP contribution < -0.4 is 4.74 Å². The molecule has 10 heteroatoms. The van der Waals surface area contributed by atoms with Crippen LogP contribution in [0.2, 0.25) is 0 Å². The lowest BCUT2D eigenvalue weighted by molar-refractivity contribution is -0.164. The molecule has 1 aromatic heterocycles. The SMILES string of the molecule is CCCN(CCOC(c1ccccc1)(c1ccccc1)C(Oc1nc(C)cc(C)n1)C(=O)O)S(=O)(=O)c1ccccc1. The highest BCUT2D eigenvalue weighted by atomic mass is 32.2. The van der Waals surface area contributed by atoms with Crippen LogP contribution in [0.1, 0.15) is 35.9 Å². The number of carboxylic acids is 1. The van der Waals surface area contributed by atoms with E-state index in [1.165, 1.54) is 4.31 Å². The third-order valence-corrected chi connectivity index (χ3v) is 8.62. The number of hydrogen-bond acceptors (Lipinski definition) is 7. The van der Waals surface area contributed by atoms with Gasteiger partial charge in [-0.3, -0.25) is 0 Å². The molecule has 1 unspecified atom stereocenters. The zero-order valence-corrected chi connectivity index (χ0v) is 24.7. The lowest BCUT2D eigenvalue weighted by Gasteiger charge is -2.39. The Morgan fingerprint density at radius 2 is 1.36 bits per heavy atom. The van der Waals surface area contributed by atoms with Crippen molar-refractivity contribution >= 4 is 16.0 Å². The topological polar surface area (TPSA) is 119 Å². The summed E-state index contributed by atoms with van der Waals surface area (Å²) in [5.41, 5.74) is 0.578. The van der Waals surface area contributed by atoms with E-state index in [2.05, 4.69) is 9.97 Å². The van der Waals surface area contributed by atoms with Crippen molar-refractivity contribution in [2.45, 2.75) is 43.8 Å². The molecule has 0 saturated heterocycles. The minimum absolute atomic E-state index is 0.0150. The van der Waals surface area contributed by atoms with Crippen molar-refractivity contribution in [3.05, 3.63) is 120 Å². The van der Waals surface area contributed by atoms with Crippen LogP contribution in [0.4, 0.5) is 0 Å². The van der Waals surface area contributed by atoms with Crippen LogP contribution in [-0.4, -0.2) is 59.6 Å². The second-order valence-corrected chi connectivity index (χ2v) is 11.7. The minimum Gasteiger partial charge on any atom is -0.478 e. The minimum atomic E-state index is -3.82. The third-order valence-electron chi connectivity index (χ3n) is 6.71. The van der Waals surface area contributed by atoms with Gasteiger partial charge in [-0.25, -0.2) is 23.2 Å². The molecular weight excluding hydrogens is 554 g/mol. The van der Waals surface area contributed by atoms with Gasteiger partial charge in [-0.2, -0.15) is 4.31 Å². The van der Waals surface area contributed by atoms with E-state index >= 15 is 0 Å². The monoisotopic (exact) mass is 589 g/mol. The lowest BCUT2D eigenvalue weighted by Crippen LogP contribution is -2.52. The molecule has 0 spiro atoms. The average molecular weight is 590 g/mol. The van der Waals surface area contributed by atoms with Gasteiger partial charge >= 0.3 is 12.0 Å². The third kappa shape index (κ3) is 6.84. The number of carboxylic acid groups (broad SMARTS) is 1. The molecule has 0 bridgehead atoms. The zero-order chi connectivity index (χ0) is 30.2. The quantitative estimate of drug-likeness (QED) is 0.219. The van der Waals surface area contributed by atoms with Crippen LogP contribution in [0.5, 0.6) is 6.01 Å². The van der Waals surface area contributed by atoms with Gasteiger partial charge in [-0.05, 0) is 49.6 Å². The van der Waals surface area contributed by atoms with E-state index in [1.807, 2.05) is 19.1 Å². The highest BCUT2D eigenvalue weighted by Gasteiger charge is 2.50. The van der Waals surface area contributed by atoms with E-state index in [4.69, 9.17) is 9.47 Å². The van der Waals surface area contributed by atoms with E-state index in [0.29, 0.717) is 28.9 Å². The van der Waals surface area contributed by atoms with Crippen molar-refractivity contribution in [1.82, 2.24) is 14.3 Å². The normalized spacial score (nSPS) is 12.7. The fraction of sp³-hybridized carbons (Fsp3) is 0.281. The van der Waals surface area contributed by atoms with Crippen LogP contribution in [-0.2, 0) is 25.2 Å². The number of aromatic nitrogens is 2. The number of rotatable bonds is 14. The second kappa shape index (κ2) is 13.7. The van der Waals surface area contributed by atoms with E-state index in [0.717, 1.165) is 0 Å². The Labute approximate surface area is 246 Å². The summed E-state index contributed by atoms with van der Waals surface area (Å²) in [5.74, 6) is -1.30. The summed E-state index contributed by atoms with van der Waals surface area (Å²) in [6.07, 6.45) is -1.05. The molecule has 1 N–H and O–H groups in total. The molecule has 0 amide bonds. The molecule has 42 heavy (non-hydrogen) atoms. The summed E-state index contributed by atoms with van der Waals surface area (Å²) >= 11 is 0. The summed E-state index contributed by atoms with van der Waals surface area (Å²) in [4.78, 5) is 21.9. The first-order valence-electron chi connectivity index (χ1n) is 13.7. The van der Waals surface area contributed by atoms with Gasteiger partial charge in [0, 0.05) is 24.5 Å². The summed E-state index contributed by atoms with van der Waals surface area (Å²) < 4.78 is 41.0. The van der Waals surface area contributed by atoms with Gasteiger partial charge in [0.15, 0.2) is 5.60 Å². The number of ether oxygens (including phenoxy) is 2. The largest absolute Gasteiger partial charge is 0.478 e. The van der Waals surface area contributed by atoms with E-state index in [-0.39, 0.29) is 30.6 Å². The number of carbonyl (C=O) groups is 1. The molecule has 4 rings (SSSR count). The predicted octanol–water partition coefficient (Wildman–Crippen LogP) is 4.99. The Kier molecular flexibility index (Phi) is 10.1. The van der Waals surface area contributed by atoms with Crippen molar-refractivity contribution in [3.8, 4) is 6.01 Å². The van der Waals surface area contributed by atoms with Crippen molar-refractivity contribution in [1.29, 1.82) is 0 Å². The van der Waals surface area contributed by atoms with Gasteiger partial charge in [0.05, 0.1) is 11.5 Å². The molecular formula is C32H35N3O6S. The fourth-order valence-electron chi connectivity index (χ4n) is 4.89. The maximum Gasteiger partial charge on any atom is 0.348 e. The number of benzene rings is 3. The van der Waals surface area contributed by atoms with Crippen molar-refractivity contribution in [2.24, 2.45) is 0 Å². The molecule has 3 aromatic carbocycles. The van der Waals surface area contributed by atoms with Gasteiger partial charge in [0.2, 0.25) is 16.1 Å². The predicted molar refractivity (Wildman–Crippen MR) is 159 cm³/mol.